The van der Waals surface area contributed by atoms with Gasteiger partial charge in [0.25, 0.3) is 0 Å². The van der Waals surface area contributed by atoms with Crippen molar-refractivity contribution in [2.45, 2.75) is 64.9 Å². The topological polar surface area (TPSA) is 134 Å². The van der Waals surface area contributed by atoms with Gasteiger partial charge in [0, 0.05) is 19.9 Å². The van der Waals surface area contributed by atoms with Crippen molar-refractivity contribution < 1.29 is 37.6 Å². The fourth-order valence-electron chi connectivity index (χ4n) is 2.00. The van der Waals surface area contributed by atoms with E-state index in [1.807, 2.05) is 0 Å². The summed E-state index contributed by atoms with van der Waals surface area (Å²) in [7, 11) is -4.30. The standard InChI is InChI=1S/C16H32NO8P/c1-3-4-5-6-7-8-9-16(19)25-15(12-22-14(2)18)13-24-26(20,21)23-11-10-17/h15H,3-13,17H2,1-2H3,(H,20,21)/t15-/m1/s1. The Morgan fingerprint density at radius 3 is 2.35 bits per heavy atom. The lowest BCUT2D eigenvalue weighted by molar-refractivity contribution is -0.160. The van der Waals surface area contributed by atoms with Gasteiger partial charge in [-0.1, -0.05) is 39.0 Å². The summed E-state index contributed by atoms with van der Waals surface area (Å²) >= 11 is 0. The monoisotopic (exact) mass is 397 g/mol. The molecule has 2 atom stereocenters. The zero-order valence-corrected chi connectivity index (χ0v) is 16.6. The lowest BCUT2D eigenvalue weighted by Gasteiger charge is -2.19. The number of hydrogen-bond donors (Lipinski definition) is 2. The van der Waals surface area contributed by atoms with Crippen molar-refractivity contribution >= 4 is 19.8 Å². The maximum absolute atomic E-state index is 11.9. The van der Waals surface area contributed by atoms with Crippen LogP contribution in [0.4, 0.5) is 0 Å². The van der Waals surface area contributed by atoms with Crippen molar-refractivity contribution in [1.82, 2.24) is 0 Å². The first-order chi connectivity index (χ1) is 12.3. The summed E-state index contributed by atoms with van der Waals surface area (Å²) in [6.07, 6.45) is 5.40. The molecule has 0 radical (unpaired) electrons. The van der Waals surface area contributed by atoms with Crippen molar-refractivity contribution in [3.05, 3.63) is 0 Å². The zero-order valence-electron chi connectivity index (χ0n) is 15.7. The van der Waals surface area contributed by atoms with Gasteiger partial charge in [-0.05, 0) is 6.42 Å². The van der Waals surface area contributed by atoms with Crippen LogP contribution in [0.5, 0.6) is 0 Å². The van der Waals surface area contributed by atoms with Gasteiger partial charge in [0.15, 0.2) is 6.10 Å². The number of hydrogen-bond acceptors (Lipinski definition) is 8. The van der Waals surface area contributed by atoms with Crippen molar-refractivity contribution in [2.75, 3.05) is 26.4 Å². The fourth-order valence-corrected chi connectivity index (χ4v) is 2.77. The van der Waals surface area contributed by atoms with Crippen molar-refractivity contribution in [1.29, 1.82) is 0 Å². The lowest BCUT2D eigenvalue weighted by Crippen LogP contribution is -2.29. The minimum Gasteiger partial charge on any atom is -0.462 e. The summed E-state index contributed by atoms with van der Waals surface area (Å²) in [6.45, 7) is 2.53. The van der Waals surface area contributed by atoms with Crippen LogP contribution in [-0.4, -0.2) is 49.3 Å². The second-order valence-electron chi connectivity index (χ2n) is 5.82. The molecule has 0 aliphatic carbocycles. The summed E-state index contributed by atoms with van der Waals surface area (Å²) in [4.78, 5) is 32.3. The molecule has 26 heavy (non-hydrogen) atoms. The Hall–Kier alpha value is -0.990. The van der Waals surface area contributed by atoms with Gasteiger partial charge in [-0.3, -0.25) is 18.6 Å². The van der Waals surface area contributed by atoms with Gasteiger partial charge in [-0.15, -0.1) is 0 Å². The number of phosphoric acid groups is 1. The van der Waals surface area contributed by atoms with E-state index in [0.717, 1.165) is 25.7 Å². The van der Waals surface area contributed by atoms with E-state index >= 15 is 0 Å². The van der Waals surface area contributed by atoms with E-state index in [-0.39, 0.29) is 26.2 Å². The fraction of sp³-hybridized carbons (Fsp3) is 0.875. The van der Waals surface area contributed by atoms with E-state index in [1.165, 1.54) is 13.3 Å². The average molecular weight is 397 g/mol. The summed E-state index contributed by atoms with van der Waals surface area (Å²) in [6, 6.07) is 0. The summed E-state index contributed by atoms with van der Waals surface area (Å²) in [5.41, 5.74) is 5.18. The Bertz CT molecular complexity index is 446. The van der Waals surface area contributed by atoms with Crippen LogP contribution in [0, 0.1) is 0 Å². The van der Waals surface area contributed by atoms with Gasteiger partial charge in [0.05, 0.1) is 13.2 Å². The number of phosphoric ester groups is 1. The molecule has 0 saturated heterocycles. The predicted molar refractivity (Wildman–Crippen MR) is 95.3 cm³/mol. The third kappa shape index (κ3) is 15.3. The maximum Gasteiger partial charge on any atom is 0.472 e. The van der Waals surface area contributed by atoms with Crippen LogP contribution in [0.25, 0.3) is 0 Å². The quantitative estimate of drug-likeness (QED) is 0.228. The van der Waals surface area contributed by atoms with Crippen LogP contribution in [0.2, 0.25) is 0 Å². The highest BCUT2D eigenvalue weighted by Crippen LogP contribution is 2.43. The third-order valence-electron chi connectivity index (χ3n) is 3.30. The number of rotatable bonds is 16. The highest BCUT2D eigenvalue weighted by Gasteiger charge is 2.25. The lowest BCUT2D eigenvalue weighted by atomic mass is 10.1. The van der Waals surface area contributed by atoms with Gasteiger partial charge < -0.3 is 20.1 Å². The molecule has 0 amide bonds. The van der Waals surface area contributed by atoms with Crippen LogP contribution in [0.1, 0.15) is 58.8 Å². The number of carbonyl (C=O) groups is 2. The molecule has 0 aromatic rings. The van der Waals surface area contributed by atoms with E-state index in [2.05, 4.69) is 11.4 Å². The minimum absolute atomic E-state index is 0.0536. The average Bonchev–Trinajstić information content (AvgIpc) is 2.58. The van der Waals surface area contributed by atoms with E-state index < -0.39 is 32.5 Å². The Kier molecular flexibility index (Phi) is 14.5. The van der Waals surface area contributed by atoms with E-state index in [4.69, 9.17) is 19.7 Å². The second kappa shape index (κ2) is 15.1. The zero-order chi connectivity index (χ0) is 19.8. The highest BCUT2D eigenvalue weighted by atomic mass is 31.2. The van der Waals surface area contributed by atoms with E-state index in [0.29, 0.717) is 6.42 Å². The SMILES string of the molecule is CCCCCCCCC(=O)O[C@H](COC(C)=O)COP(=O)(O)OCCN. The molecular formula is C16H32NO8P. The maximum atomic E-state index is 11.9. The van der Waals surface area contributed by atoms with Crippen molar-refractivity contribution in [3.63, 3.8) is 0 Å². The molecule has 0 heterocycles. The minimum atomic E-state index is -4.30. The molecule has 9 nitrogen and oxygen atoms in total. The van der Waals surface area contributed by atoms with E-state index in [1.54, 1.807) is 0 Å². The van der Waals surface area contributed by atoms with Crippen LogP contribution in [-0.2, 0) is 32.7 Å². The first kappa shape index (κ1) is 25.0. The Labute approximate surface area is 155 Å². The predicted octanol–water partition coefficient (Wildman–Crippen LogP) is 2.30. The Morgan fingerprint density at radius 1 is 1.08 bits per heavy atom. The Balaban J connectivity index is 4.29. The Morgan fingerprint density at radius 2 is 1.73 bits per heavy atom. The van der Waals surface area contributed by atoms with Crippen LogP contribution in [0.15, 0.2) is 0 Å². The molecule has 0 spiro atoms. The molecule has 1 unspecified atom stereocenters. The molecule has 0 rings (SSSR count). The molecule has 0 fully saturated rings. The molecule has 3 N–H and O–H groups in total. The first-order valence-corrected chi connectivity index (χ1v) is 10.4. The summed E-state index contributed by atoms with van der Waals surface area (Å²) < 4.78 is 30.9. The summed E-state index contributed by atoms with van der Waals surface area (Å²) in [5, 5.41) is 0. The van der Waals surface area contributed by atoms with Crippen LogP contribution < -0.4 is 5.73 Å². The summed E-state index contributed by atoms with van der Waals surface area (Å²) in [5.74, 6) is -1.04. The van der Waals surface area contributed by atoms with E-state index in [9.17, 15) is 19.0 Å². The highest BCUT2D eigenvalue weighted by molar-refractivity contribution is 7.47. The smallest absolute Gasteiger partial charge is 0.462 e. The number of esters is 2. The number of carbonyl (C=O) groups excluding carboxylic acids is 2. The number of nitrogens with two attached hydrogens (primary N) is 1. The van der Waals surface area contributed by atoms with Gasteiger partial charge in [-0.2, -0.15) is 0 Å². The molecule has 0 aliphatic rings. The number of ether oxygens (including phenoxy) is 2. The molecule has 0 aromatic carbocycles. The van der Waals surface area contributed by atoms with Gasteiger partial charge in [0.1, 0.15) is 6.61 Å². The third-order valence-corrected chi connectivity index (χ3v) is 4.29. The normalized spacial score (nSPS) is 14.5. The molecule has 0 aromatic heterocycles. The molecule has 10 heteroatoms. The van der Waals surface area contributed by atoms with Gasteiger partial charge >= 0.3 is 19.8 Å². The van der Waals surface area contributed by atoms with Crippen LogP contribution >= 0.6 is 7.82 Å². The molecule has 0 saturated carbocycles. The number of unbranched alkanes of at least 4 members (excludes halogenated alkanes) is 5. The molecule has 154 valence electrons. The van der Waals surface area contributed by atoms with Crippen molar-refractivity contribution in [3.8, 4) is 0 Å². The van der Waals surface area contributed by atoms with Gasteiger partial charge in [0.2, 0.25) is 0 Å². The first-order valence-electron chi connectivity index (χ1n) is 8.95. The van der Waals surface area contributed by atoms with Crippen molar-refractivity contribution in [2.24, 2.45) is 5.73 Å². The molecular weight excluding hydrogens is 365 g/mol. The molecule has 0 bridgehead atoms. The van der Waals surface area contributed by atoms with Gasteiger partial charge in [-0.25, -0.2) is 4.57 Å². The second-order valence-corrected chi connectivity index (χ2v) is 7.27. The molecule has 0 aliphatic heterocycles. The largest absolute Gasteiger partial charge is 0.472 e. The van der Waals surface area contributed by atoms with Crippen LogP contribution in [0.3, 0.4) is 0 Å².